The first-order valence-electron chi connectivity index (χ1n) is 9.96. The van der Waals surface area contributed by atoms with Crippen LogP contribution in [0.2, 0.25) is 0 Å². The van der Waals surface area contributed by atoms with Gasteiger partial charge in [0, 0.05) is 0 Å². The first-order valence-corrected chi connectivity index (χ1v) is 16.0. The van der Waals surface area contributed by atoms with Gasteiger partial charge in [0.1, 0.15) is 0 Å². The van der Waals surface area contributed by atoms with E-state index in [1.54, 1.807) is 12.2 Å². The van der Waals surface area contributed by atoms with Crippen molar-refractivity contribution in [3.63, 3.8) is 0 Å². The molecule has 4 heteroatoms. The summed E-state index contributed by atoms with van der Waals surface area (Å²) >= 11 is 0.549. The third-order valence-electron chi connectivity index (χ3n) is 4.37. The Labute approximate surface area is 192 Å². The van der Waals surface area contributed by atoms with Crippen LogP contribution in [-0.4, -0.2) is 37.8 Å². The van der Waals surface area contributed by atoms with Gasteiger partial charge in [0.25, 0.3) is 0 Å². The van der Waals surface area contributed by atoms with E-state index in [-0.39, 0.29) is 48.7 Å². The maximum atomic E-state index is 12.3. The fourth-order valence-corrected chi connectivity index (χ4v) is 9.49. The Kier molecular flexibility index (Phi) is 8.64. The van der Waals surface area contributed by atoms with Crippen molar-refractivity contribution in [2.45, 2.75) is 41.5 Å². The van der Waals surface area contributed by atoms with Crippen LogP contribution in [0.4, 0.5) is 0 Å². The summed E-state index contributed by atoms with van der Waals surface area (Å²) in [5, 5.41) is 0. The van der Waals surface area contributed by atoms with Crippen molar-refractivity contribution >= 4 is 58.9 Å². The van der Waals surface area contributed by atoms with E-state index in [9.17, 15) is 9.59 Å². The molecule has 0 amide bonds. The van der Waals surface area contributed by atoms with Crippen molar-refractivity contribution in [2.75, 3.05) is 0 Å². The number of hydrogen-bond acceptors (Lipinski definition) is 2. The molecule has 0 aliphatic rings. The van der Waals surface area contributed by atoms with Crippen molar-refractivity contribution in [1.29, 1.82) is 0 Å². The molecule has 2 aromatic rings. The molecule has 2 nitrogen and oxygen atoms in total. The molecule has 158 valence electrons. The Bertz CT molecular complexity index is 878. The van der Waals surface area contributed by atoms with Crippen LogP contribution in [0.1, 0.15) is 52.7 Å². The van der Waals surface area contributed by atoms with Gasteiger partial charge in [-0.05, 0) is 0 Å². The van der Waals surface area contributed by atoms with Gasteiger partial charge in [0.15, 0.2) is 0 Å². The van der Waals surface area contributed by atoms with Crippen molar-refractivity contribution in [3.8, 4) is 0 Å². The molecular weight excluding hydrogens is 502 g/mol. The molecule has 0 aromatic heterocycles. The van der Waals surface area contributed by atoms with E-state index in [1.807, 2.05) is 65.8 Å². The van der Waals surface area contributed by atoms with E-state index in [1.165, 1.54) is 8.92 Å². The Hall–Kier alpha value is -1.70. The molecule has 0 saturated heterocycles. The summed E-state index contributed by atoms with van der Waals surface area (Å²) in [4.78, 5) is 24.5. The van der Waals surface area contributed by atoms with E-state index in [4.69, 9.17) is 0 Å². The third kappa shape index (κ3) is 7.52. The van der Waals surface area contributed by atoms with Gasteiger partial charge in [-0.15, -0.1) is 0 Å². The first kappa shape index (κ1) is 24.6. The fourth-order valence-electron chi connectivity index (χ4n) is 2.31. The van der Waals surface area contributed by atoms with Crippen LogP contribution in [0.5, 0.6) is 0 Å². The topological polar surface area (TPSA) is 34.1 Å². The van der Waals surface area contributed by atoms with E-state index in [0.717, 1.165) is 11.1 Å². The van der Waals surface area contributed by atoms with Crippen molar-refractivity contribution in [1.82, 2.24) is 0 Å². The summed E-state index contributed by atoms with van der Waals surface area (Å²) in [6.07, 6.45) is 7.32. The Morgan fingerprint density at radius 1 is 0.633 bits per heavy atom. The van der Waals surface area contributed by atoms with Crippen LogP contribution in [0.25, 0.3) is 12.2 Å². The minimum absolute atomic E-state index is 0.134. The summed E-state index contributed by atoms with van der Waals surface area (Å²) in [6.45, 7) is 11.6. The van der Waals surface area contributed by atoms with Gasteiger partial charge < -0.3 is 0 Å². The van der Waals surface area contributed by atoms with Gasteiger partial charge in [-0.25, -0.2) is 0 Å². The molecule has 0 saturated carbocycles. The standard InChI is InChI=1S/C26H30O2Se2/c1-25(2,3)23(27)17-15-19-11-7-9-13-21(19)29-30-22-14-10-8-12-20(22)16-18-24(28)26(4,5)6/h7-18H,1-6H3/b17-15-,18-16-. The average Bonchev–Trinajstić information content (AvgIpc) is 2.68. The van der Waals surface area contributed by atoms with E-state index in [2.05, 4.69) is 36.4 Å². The molecule has 0 fully saturated rings. The molecule has 0 bridgehead atoms. The van der Waals surface area contributed by atoms with Crippen LogP contribution in [0.3, 0.4) is 0 Å². The van der Waals surface area contributed by atoms with Gasteiger partial charge in [-0.1, -0.05) is 0 Å². The monoisotopic (exact) mass is 534 g/mol. The predicted octanol–water partition coefficient (Wildman–Crippen LogP) is 4.22. The molecule has 0 heterocycles. The van der Waals surface area contributed by atoms with Gasteiger partial charge in [-0.2, -0.15) is 0 Å². The number of carbonyl (C=O) groups excluding carboxylic acids is 2. The molecule has 2 rings (SSSR count). The van der Waals surface area contributed by atoms with Gasteiger partial charge in [0.05, 0.1) is 0 Å². The SMILES string of the molecule is CC(C)(C)C(=O)/C=C\c1ccccc1[Se][Se]c1ccccc1/C=C\C(=O)C(C)(C)C. The number of rotatable bonds is 7. The molecule has 0 atom stereocenters. The minimum atomic E-state index is -0.365. The van der Waals surface area contributed by atoms with Crippen LogP contribution < -0.4 is 8.92 Å². The summed E-state index contributed by atoms with van der Waals surface area (Å²) in [5.74, 6) is 0.267. The predicted molar refractivity (Wildman–Crippen MR) is 131 cm³/mol. The quantitative estimate of drug-likeness (QED) is 0.396. The third-order valence-corrected chi connectivity index (χ3v) is 11.7. The summed E-state index contributed by atoms with van der Waals surface area (Å²) in [5.41, 5.74) is 1.51. The van der Waals surface area contributed by atoms with E-state index >= 15 is 0 Å². The number of ketones is 2. The maximum absolute atomic E-state index is 12.3. The molecule has 0 unspecified atom stereocenters. The van der Waals surface area contributed by atoms with Crippen molar-refractivity contribution in [2.24, 2.45) is 10.8 Å². The zero-order chi connectivity index (χ0) is 22.4. The molecule has 30 heavy (non-hydrogen) atoms. The number of allylic oxidation sites excluding steroid dienone is 2. The Morgan fingerprint density at radius 2 is 0.967 bits per heavy atom. The number of carbonyl (C=O) groups is 2. The van der Waals surface area contributed by atoms with Gasteiger partial charge in [0.2, 0.25) is 0 Å². The van der Waals surface area contributed by atoms with E-state index < -0.39 is 0 Å². The fraction of sp³-hybridized carbons (Fsp3) is 0.308. The molecule has 2 aromatic carbocycles. The average molecular weight is 532 g/mol. The second kappa shape index (κ2) is 10.6. The number of benzene rings is 2. The molecule has 0 N–H and O–H groups in total. The zero-order valence-electron chi connectivity index (χ0n) is 18.6. The first-order chi connectivity index (χ1) is 14.0. The molecule has 0 aliphatic heterocycles. The summed E-state index contributed by atoms with van der Waals surface area (Å²) < 4.78 is 2.60. The summed E-state index contributed by atoms with van der Waals surface area (Å²) in [7, 11) is 0. The van der Waals surface area contributed by atoms with Gasteiger partial charge in [-0.3, -0.25) is 0 Å². The second-order valence-corrected chi connectivity index (χ2v) is 15.3. The van der Waals surface area contributed by atoms with Crippen LogP contribution >= 0.6 is 0 Å². The van der Waals surface area contributed by atoms with Gasteiger partial charge >= 0.3 is 193 Å². The molecule has 0 radical (unpaired) electrons. The Morgan fingerprint density at radius 3 is 1.30 bits per heavy atom. The van der Waals surface area contributed by atoms with Crippen molar-refractivity contribution < 1.29 is 9.59 Å². The van der Waals surface area contributed by atoms with Crippen LogP contribution in [-0.2, 0) is 9.59 Å². The zero-order valence-corrected chi connectivity index (χ0v) is 22.0. The van der Waals surface area contributed by atoms with E-state index in [0.29, 0.717) is 0 Å². The van der Waals surface area contributed by atoms with Crippen LogP contribution in [0.15, 0.2) is 60.7 Å². The van der Waals surface area contributed by atoms with Crippen molar-refractivity contribution in [3.05, 3.63) is 71.8 Å². The summed E-state index contributed by atoms with van der Waals surface area (Å²) in [6, 6.07) is 16.6. The molecular formula is C26H30O2Se2. The Balaban J connectivity index is 2.18. The molecule has 0 aliphatic carbocycles. The normalized spacial score (nSPS) is 12.6. The van der Waals surface area contributed by atoms with Crippen LogP contribution in [0, 0.1) is 10.8 Å². The number of hydrogen-bond donors (Lipinski definition) is 0. The second-order valence-electron chi connectivity index (χ2n) is 9.14. The molecule has 0 spiro atoms.